The van der Waals surface area contributed by atoms with Gasteiger partial charge in [0.2, 0.25) is 5.91 Å². The minimum Gasteiger partial charge on any atom is -0.325 e. The van der Waals surface area contributed by atoms with Crippen LogP contribution in [0.1, 0.15) is 18.7 Å². The van der Waals surface area contributed by atoms with E-state index in [1.165, 1.54) is 22.9 Å². The van der Waals surface area contributed by atoms with E-state index < -0.39 is 5.82 Å². The van der Waals surface area contributed by atoms with E-state index in [4.69, 9.17) is 0 Å². The molecule has 1 aliphatic rings. The molecule has 2 aromatic rings. The van der Waals surface area contributed by atoms with Crippen LogP contribution in [0.15, 0.2) is 18.2 Å². The predicted molar refractivity (Wildman–Crippen MR) is 73.5 cm³/mol. The number of nitrogens with one attached hydrogen (secondary N) is 2. The first-order chi connectivity index (χ1) is 10.1. The number of carbonyl (C=O) groups is 1. The van der Waals surface area contributed by atoms with Crippen molar-refractivity contribution in [3.05, 3.63) is 29.8 Å². The molecule has 0 radical (unpaired) electrons. The van der Waals surface area contributed by atoms with E-state index in [0.29, 0.717) is 11.5 Å². The molecule has 110 valence electrons. The first-order valence-corrected chi connectivity index (χ1v) is 6.74. The topological polar surface area (TPSA) is 84.7 Å². The molecule has 0 saturated carbocycles. The number of aryl methyl sites for hydroxylation is 1. The fourth-order valence-electron chi connectivity index (χ4n) is 2.34. The summed E-state index contributed by atoms with van der Waals surface area (Å²) in [5.41, 5.74) is 0.717. The molecule has 1 amide bonds. The zero-order chi connectivity index (χ0) is 14.8. The highest BCUT2D eigenvalue weighted by Crippen LogP contribution is 2.19. The minimum atomic E-state index is -0.456. The largest absolute Gasteiger partial charge is 0.325 e. The number of amides is 1. The highest BCUT2D eigenvalue weighted by molar-refractivity contribution is 5.95. The Hall–Kier alpha value is -2.35. The molecule has 21 heavy (non-hydrogen) atoms. The Morgan fingerprint density at radius 3 is 3.05 bits per heavy atom. The monoisotopic (exact) mass is 290 g/mol. The third-order valence-electron chi connectivity index (χ3n) is 3.44. The van der Waals surface area contributed by atoms with Crippen LogP contribution in [0.3, 0.4) is 0 Å². The molecule has 3 rings (SSSR count). The average Bonchev–Trinajstić information content (AvgIpc) is 3.12. The maximum absolute atomic E-state index is 13.9. The Balaban J connectivity index is 1.84. The summed E-state index contributed by atoms with van der Waals surface area (Å²) in [5.74, 6) is -0.101. The summed E-state index contributed by atoms with van der Waals surface area (Å²) in [7, 11) is 0. The van der Waals surface area contributed by atoms with Gasteiger partial charge in [0.05, 0.1) is 6.04 Å². The second kappa shape index (κ2) is 5.57. The summed E-state index contributed by atoms with van der Waals surface area (Å²) in [4.78, 5) is 12.0. The Kier molecular flexibility index (Phi) is 3.61. The molecule has 7 nitrogen and oxygen atoms in total. The Morgan fingerprint density at radius 1 is 1.52 bits per heavy atom. The van der Waals surface area contributed by atoms with Gasteiger partial charge in [-0.1, -0.05) is 0 Å². The van der Waals surface area contributed by atoms with E-state index in [0.717, 1.165) is 19.4 Å². The van der Waals surface area contributed by atoms with Crippen molar-refractivity contribution in [1.29, 1.82) is 0 Å². The van der Waals surface area contributed by atoms with Gasteiger partial charge in [0, 0.05) is 5.69 Å². The van der Waals surface area contributed by atoms with Crippen molar-refractivity contribution in [2.24, 2.45) is 0 Å². The van der Waals surface area contributed by atoms with Gasteiger partial charge < -0.3 is 10.6 Å². The first-order valence-electron chi connectivity index (χ1n) is 6.74. The maximum atomic E-state index is 13.9. The van der Waals surface area contributed by atoms with Gasteiger partial charge in [0.15, 0.2) is 5.82 Å². The second-order valence-corrected chi connectivity index (χ2v) is 4.94. The van der Waals surface area contributed by atoms with Crippen molar-refractivity contribution in [3.63, 3.8) is 0 Å². The van der Waals surface area contributed by atoms with Crippen LogP contribution in [0.5, 0.6) is 0 Å². The molecular weight excluding hydrogens is 275 g/mol. The van der Waals surface area contributed by atoms with Crippen molar-refractivity contribution >= 4 is 11.6 Å². The van der Waals surface area contributed by atoms with Crippen molar-refractivity contribution in [2.45, 2.75) is 25.8 Å². The predicted octanol–water partition coefficient (Wildman–Crippen LogP) is 0.800. The standard InChI is InChI=1S/C13H15FN6O/c1-8-17-18-19-20(8)12-7-9(4-5-10(12)14)16-13(21)11-3-2-6-15-11/h4-5,7,11,15H,2-3,6H2,1H3,(H,16,21). The Morgan fingerprint density at radius 2 is 2.38 bits per heavy atom. The molecule has 2 N–H and O–H groups in total. The van der Waals surface area contributed by atoms with Crippen molar-refractivity contribution in [1.82, 2.24) is 25.5 Å². The lowest BCUT2D eigenvalue weighted by molar-refractivity contribution is -0.117. The lowest BCUT2D eigenvalue weighted by atomic mass is 10.2. The number of tetrazole rings is 1. The highest BCUT2D eigenvalue weighted by Gasteiger charge is 2.22. The average molecular weight is 290 g/mol. The van der Waals surface area contributed by atoms with E-state index in [1.54, 1.807) is 6.92 Å². The fourth-order valence-corrected chi connectivity index (χ4v) is 2.34. The number of hydrogen-bond donors (Lipinski definition) is 2. The van der Waals surface area contributed by atoms with E-state index in [1.807, 2.05) is 0 Å². The molecule has 1 unspecified atom stereocenters. The molecule has 1 fully saturated rings. The van der Waals surface area contributed by atoms with Gasteiger partial charge in [-0.25, -0.2) is 4.39 Å². The van der Waals surface area contributed by atoms with Crippen LogP contribution in [-0.4, -0.2) is 38.7 Å². The highest BCUT2D eigenvalue weighted by atomic mass is 19.1. The molecule has 1 aromatic heterocycles. The van der Waals surface area contributed by atoms with Gasteiger partial charge in [-0.05, 0) is 54.9 Å². The van der Waals surface area contributed by atoms with Gasteiger partial charge in [0.1, 0.15) is 11.5 Å². The molecule has 1 saturated heterocycles. The Bertz CT molecular complexity index is 664. The van der Waals surface area contributed by atoms with Crippen molar-refractivity contribution in [2.75, 3.05) is 11.9 Å². The van der Waals surface area contributed by atoms with Crippen LogP contribution in [0.2, 0.25) is 0 Å². The van der Waals surface area contributed by atoms with Gasteiger partial charge >= 0.3 is 0 Å². The number of aromatic nitrogens is 4. The van der Waals surface area contributed by atoms with Crippen molar-refractivity contribution < 1.29 is 9.18 Å². The number of carbonyl (C=O) groups excluding carboxylic acids is 1. The lowest BCUT2D eigenvalue weighted by Crippen LogP contribution is -2.35. The molecule has 0 spiro atoms. The van der Waals surface area contributed by atoms with Gasteiger partial charge in [0.25, 0.3) is 0 Å². The fraction of sp³-hybridized carbons (Fsp3) is 0.385. The van der Waals surface area contributed by atoms with Crippen LogP contribution in [-0.2, 0) is 4.79 Å². The molecular formula is C13H15FN6O. The molecule has 1 aromatic carbocycles. The molecule has 1 aliphatic heterocycles. The molecule has 1 atom stereocenters. The van der Waals surface area contributed by atoms with Gasteiger partial charge in [-0.2, -0.15) is 4.68 Å². The molecule has 0 bridgehead atoms. The third kappa shape index (κ3) is 2.75. The Labute approximate surface area is 120 Å². The zero-order valence-electron chi connectivity index (χ0n) is 11.5. The van der Waals surface area contributed by atoms with E-state index in [2.05, 4.69) is 26.2 Å². The third-order valence-corrected chi connectivity index (χ3v) is 3.44. The maximum Gasteiger partial charge on any atom is 0.241 e. The van der Waals surface area contributed by atoms with Gasteiger partial charge in [-0.15, -0.1) is 5.10 Å². The lowest BCUT2D eigenvalue weighted by Gasteiger charge is -2.12. The summed E-state index contributed by atoms with van der Waals surface area (Å²) in [6.45, 7) is 2.52. The minimum absolute atomic E-state index is 0.113. The van der Waals surface area contributed by atoms with Crippen LogP contribution < -0.4 is 10.6 Å². The van der Waals surface area contributed by atoms with E-state index in [9.17, 15) is 9.18 Å². The summed E-state index contributed by atoms with van der Waals surface area (Å²) in [6, 6.07) is 4.14. The summed E-state index contributed by atoms with van der Waals surface area (Å²) in [5, 5.41) is 16.9. The quantitative estimate of drug-likeness (QED) is 0.873. The van der Waals surface area contributed by atoms with Crippen LogP contribution in [0.4, 0.5) is 10.1 Å². The summed E-state index contributed by atoms with van der Waals surface area (Å²) < 4.78 is 15.2. The van der Waals surface area contributed by atoms with E-state index >= 15 is 0 Å². The SMILES string of the molecule is Cc1nnnn1-c1cc(NC(=O)C2CCCN2)ccc1F. The molecule has 8 heteroatoms. The number of benzene rings is 1. The van der Waals surface area contributed by atoms with E-state index in [-0.39, 0.29) is 17.6 Å². The normalized spacial score (nSPS) is 17.9. The van der Waals surface area contributed by atoms with Crippen LogP contribution >= 0.6 is 0 Å². The molecule has 2 heterocycles. The number of nitrogens with zero attached hydrogens (tertiary/aromatic N) is 4. The molecule has 0 aliphatic carbocycles. The summed E-state index contributed by atoms with van der Waals surface area (Å²) >= 11 is 0. The number of halogens is 1. The number of rotatable bonds is 3. The number of anilines is 1. The van der Waals surface area contributed by atoms with Crippen molar-refractivity contribution in [3.8, 4) is 5.69 Å². The summed E-state index contributed by atoms with van der Waals surface area (Å²) in [6.07, 6.45) is 1.79. The zero-order valence-corrected chi connectivity index (χ0v) is 11.5. The van der Waals surface area contributed by atoms with Gasteiger partial charge in [-0.3, -0.25) is 4.79 Å². The second-order valence-electron chi connectivity index (χ2n) is 4.94. The smallest absolute Gasteiger partial charge is 0.241 e. The van der Waals surface area contributed by atoms with Crippen LogP contribution in [0.25, 0.3) is 5.69 Å². The first kappa shape index (κ1) is 13.6. The number of hydrogen-bond acceptors (Lipinski definition) is 5. The van der Waals surface area contributed by atoms with Crippen LogP contribution in [0, 0.1) is 12.7 Å².